The summed E-state index contributed by atoms with van der Waals surface area (Å²) in [6, 6.07) is 8.35. The van der Waals surface area contributed by atoms with Crippen LogP contribution in [-0.2, 0) is 4.74 Å². The van der Waals surface area contributed by atoms with Crippen molar-refractivity contribution in [3.8, 4) is 5.69 Å². The average Bonchev–Trinajstić information content (AvgIpc) is 2.82. The first-order valence-electron chi connectivity index (χ1n) is 6.37. The van der Waals surface area contributed by atoms with Crippen LogP contribution in [0.3, 0.4) is 0 Å². The predicted molar refractivity (Wildman–Crippen MR) is 73.7 cm³/mol. The van der Waals surface area contributed by atoms with Crippen LogP contribution >= 0.6 is 11.8 Å². The zero-order chi connectivity index (χ0) is 13.2. The minimum Gasteiger partial charge on any atom is -0.379 e. The van der Waals surface area contributed by atoms with Crippen molar-refractivity contribution in [1.29, 1.82) is 0 Å². The molecule has 3 rings (SSSR count). The number of rotatable bonds is 4. The number of thioether (sulfide) groups is 1. The molecule has 1 saturated heterocycles. The summed E-state index contributed by atoms with van der Waals surface area (Å²) in [6.45, 7) is 5.92. The van der Waals surface area contributed by atoms with Gasteiger partial charge in [-0.25, -0.2) is 0 Å². The summed E-state index contributed by atoms with van der Waals surface area (Å²) < 4.78 is 6.98. The first-order valence-corrected chi connectivity index (χ1v) is 7.25. The molecule has 0 spiro atoms. The summed E-state index contributed by atoms with van der Waals surface area (Å²) in [5.41, 5.74) is 2.30. The highest BCUT2D eigenvalue weighted by Crippen LogP contribution is 2.27. The van der Waals surface area contributed by atoms with Crippen molar-refractivity contribution in [2.45, 2.75) is 30.2 Å². The van der Waals surface area contributed by atoms with Gasteiger partial charge in [-0.3, -0.25) is 0 Å². The minimum atomic E-state index is 0.470. The van der Waals surface area contributed by atoms with E-state index in [1.54, 1.807) is 16.4 Å². The van der Waals surface area contributed by atoms with E-state index in [9.17, 15) is 0 Å². The van der Waals surface area contributed by atoms with E-state index in [1.807, 2.05) is 12.1 Å². The Kier molecular flexibility index (Phi) is 3.52. The fraction of sp³-hybridized carbons (Fsp3) is 0.462. The molecule has 0 unspecified atom stereocenters. The van der Waals surface area contributed by atoms with Crippen molar-refractivity contribution in [1.82, 2.24) is 20.2 Å². The van der Waals surface area contributed by atoms with E-state index in [0.29, 0.717) is 11.2 Å². The monoisotopic (exact) mass is 276 g/mol. The molecule has 5 nitrogen and oxygen atoms in total. The number of hydrogen-bond donors (Lipinski definition) is 0. The second kappa shape index (κ2) is 5.30. The molecule has 0 atom stereocenters. The molecule has 0 N–H and O–H groups in total. The zero-order valence-corrected chi connectivity index (χ0v) is 11.8. The summed E-state index contributed by atoms with van der Waals surface area (Å²) in [4.78, 5) is 0. The number of tetrazole rings is 1. The number of benzene rings is 1. The quantitative estimate of drug-likeness (QED) is 0.857. The molecule has 6 heteroatoms. The Bertz CT molecular complexity index is 565. The Morgan fingerprint density at radius 2 is 2.21 bits per heavy atom. The normalized spacial score (nSPS) is 15.7. The largest absolute Gasteiger partial charge is 0.379 e. The van der Waals surface area contributed by atoms with Crippen molar-refractivity contribution in [2.75, 3.05) is 13.2 Å². The van der Waals surface area contributed by atoms with Crippen LogP contribution in [0.4, 0.5) is 0 Å². The molecule has 1 aliphatic heterocycles. The molecule has 19 heavy (non-hydrogen) atoms. The minimum absolute atomic E-state index is 0.470. The molecule has 1 fully saturated rings. The fourth-order valence-electron chi connectivity index (χ4n) is 1.86. The fourth-order valence-corrected chi connectivity index (χ4v) is 2.81. The smallest absolute Gasteiger partial charge is 0.214 e. The summed E-state index contributed by atoms with van der Waals surface area (Å²) >= 11 is 1.67. The molecule has 0 bridgehead atoms. The van der Waals surface area contributed by atoms with E-state index in [0.717, 1.165) is 24.1 Å². The molecular weight excluding hydrogens is 260 g/mol. The van der Waals surface area contributed by atoms with Crippen molar-refractivity contribution >= 4 is 11.8 Å². The summed E-state index contributed by atoms with van der Waals surface area (Å²) in [5, 5.41) is 13.3. The molecule has 1 aromatic carbocycles. The van der Waals surface area contributed by atoms with Crippen LogP contribution in [-0.4, -0.2) is 38.7 Å². The highest BCUT2D eigenvalue weighted by Gasteiger charge is 2.23. The van der Waals surface area contributed by atoms with E-state index in [4.69, 9.17) is 4.74 Å². The highest BCUT2D eigenvalue weighted by molar-refractivity contribution is 7.99. The van der Waals surface area contributed by atoms with E-state index in [-0.39, 0.29) is 0 Å². The van der Waals surface area contributed by atoms with Gasteiger partial charge >= 0.3 is 0 Å². The van der Waals surface area contributed by atoms with Crippen LogP contribution in [0.25, 0.3) is 5.69 Å². The van der Waals surface area contributed by atoms with E-state index in [1.165, 1.54) is 5.56 Å². The Labute approximate surface area is 116 Å². The van der Waals surface area contributed by atoms with E-state index >= 15 is 0 Å². The lowest BCUT2D eigenvalue weighted by Crippen LogP contribution is -2.30. The third-order valence-electron chi connectivity index (χ3n) is 3.10. The lowest BCUT2D eigenvalue weighted by Gasteiger charge is -2.24. The first-order chi connectivity index (χ1) is 9.24. The van der Waals surface area contributed by atoms with Crippen LogP contribution in [0.1, 0.15) is 25.3 Å². The summed E-state index contributed by atoms with van der Waals surface area (Å²) in [6.07, 6.45) is 0. The van der Waals surface area contributed by atoms with Gasteiger partial charge in [0, 0.05) is 0 Å². The topological polar surface area (TPSA) is 52.8 Å². The highest BCUT2D eigenvalue weighted by atomic mass is 32.2. The Morgan fingerprint density at radius 3 is 2.89 bits per heavy atom. The van der Waals surface area contributed by atoms with Gasteiger partial charge < -0.3 is 4.74 Å². The molecule has 100 valence electrons. The molecule has 0 saturated carbocycles. The van der Waals surface area contributed by atoms with Crippen LogP contribution < -0.4 is 0 Å². The van der Waals surface area contributed by atoms with Gasteiger partial charge in [0.05, 0.1) is 24.2 Å². The lowest BCUT2D eigenvalue weighted by molar-refractivity contribution is 0.0454. The summed E-state index contributed by atoms with van der Waals surface area (Å²) in [5.74, 6) is 0.493. The predicted octanol–water partition coefficient (Wildman–Crippen LogP) is 2.28. The first kappa shape index (κ1) is 12.6. The van der Waals surface area contributed by atoms with Gasteiger partial charge in [0.25, 0.3) is 0 Å². The maximum atomic E-state index is 5.18. The van der Waals surface area contributed by atoms with Crippen molar-refractivity contribution < 1.29 is 4.74 Å². The molecule has 0 radical (unpaired) electrons. The van der Waals surface area contributed by atoms with Gasteiger partial charge in [0.15, 0.2) is 0 Å². The number of nitrogens with zero attached hydrogens (tertiary/aromatic N) is 4. The third kappa shape index (κ3) is 2.64. The van der Waals surface area contributed by atoms with Crippen LogP contribution in [0.15, 0.2) is 29.4 Å². The van der Waals surface area contributed by atoms with Crippen molar-refractivity contribution in [3.05, 3.63) is 29.8 Å². The van der Waals surface area contributed by atoms with E-state index in [2.05, 4.69) is 41.5 Å². The average molecular weight is 276 g/mol. The molecule has 0 aliphatic carbocycles. The van der Waals surface area contributed by atoms with Crippen molar-refractivity contribution in [3.63, 3.8) is 0 Å². The second-order valence-electron chi connectivity index (χ2n) is 4.90. The zero-order valence-electron chi connectivity index (χ0n) is 11.0. The van der Waals surface area contributed by atoms with Crippen LogP contribution in [0.5, 0.6) is 0 Å². The van der Waals surface area contributed by atoms with Gasteiger partial charge in [-0.15, -0.1) is 5.10 Å². The van der Waals surface area contributed by atoms with Gasteiger partial charge in [-0.2, -0.15) is 4.68 Å². The van der Waals surface area contributed by atoms with Crippen LogP contribution in [0, 0.1) is 0 Å². The van der Waals surface area contributed by atoms with Gasteiger partial charge in [-0.05, 0) is 34.0 Å². The Morgan fingerprint density at radius 1 is 1.37 bits per heavy atom. The Balaban J connectivity index is 1.88. The van der Waals surface area contributed by atoms with Crippen molar-refractivity contribution in [2.24, 2.45) is 0 Å². The maximum Gasteiger partial charge on any atom is 0.214 e. The summed E-state index contributed by atoms with van der Waals surface area (Å²) in [7, 11) is 0. The molecule has 1 aliphatic rings. The molecule has 2 aromatic rings. The Hall–Kier alpha value is -1.40. The molecule has 1 aromatic heterocycles. The third-order valence-corrected chi connectivity index (χ3v) is 4.17. The molecule has 2 heterocycles. The van der Waals surface area contributed by atoms with E-state index < -0.39 is 0 Å². The van der Waals surface area contributed by atoms with Gasteiger partial charge in [0.2, 0.25) is 5.16 Å². The number of aromatic nitrogens is 4. The van der Waals surface area contributed by atoms with Gasteiger partial charge in [-0.1, -0.05) is 37.7 Å². The maximum absolute atomic E-state index is 5.18. The number of hydrogen-bond acceptors (Lipinski definition) is 5. The lowest BCUT2D eigenvalue weighted by atomic mass is 10.0. The SMILES string of the molecule is CC(C)c1cccc(-n2nnnc2SC2COC2)c1. The molecular formula is C13H16N4OS. The van der Waals surface area contributed by atoms with Crippen LogP contribution in [0.2, 0.25) is 0 Å². The van der Waals surface area contributed by atoms with Gasteiger partial charge in [0.1, 0.15) is 0 Å². The standard InChI is InChI=1S/C13H16N4OS/c1-9(2)10-4-3-5-11(6-10)17-13(14-15-16-17)19-12-7-18-8-12/h3-6,9,12H,7-8H2,1-2H3. The second-order valence-corrected chi connectivity index (χ2v) is 6.17. The number of ether oxygens (including phenoxy) is 1. The molecule has 0 amide bonds.